The maximum absolute atomic E-state index is 10.3. The average molecular weight is 793 g/mol. The van der Waals surface area contributed by atoms with Crippen molar-refractivity contribution in [2.24, 2.45) is 0 Å². The second kappa shape index (κ2) is 56.0. The molecule has 1 unspecified atom stereocenters. The summed E-state index contributed by atoms with van der Waals surface area (Å²) in [7, 11) is 0. The van der Waals surface area contributed by atoms with E-state index in [-0.39, 0.29) is 6.61 Å². The van der Waals surface area contributed by atoms with Crippen molar-refractivity contribution in [3.05, 3.63) is 0 Å². The predicted octanol–water partition coefficient (Wildman–Crippen LogP) is 13.6. The van der Waals surface area contributed by atoms with E-state index in [0.29, 0.717) is 25.0 Å². The number of carboxylic acids is 3. The lowest BCUT2D eigenvalue weighted by Crippen LogP contribution is -2.12. The third-order valence-electron chi connectivity index (χ3n) is 9.40. The highest BCUT2D eigenvalue weighted by molar-refractivity contribution is 7.80. The Hall–Kier alpha value is -1.32. The number of aliphatic hydroxyl groups is 2. The van der Waals surface area contributed by atoms with Gasteiger partial charge in [0, 0.05) is 25.0 Å². The predicted molar refractivity (Wildman–Crippen MR) is 233 cm³/mol. The number of carbonyl (C=O) groups is 3. The molecule has 54 heavy (non-hydrogen) atoms. The molecule has 0 aromatic heterocycles. The van der Waals surface area contributed by atoms with Gasteiger partial charge in [0.15, 0.2) is 0 Å². The van der Waals surface area contributed by atoms with Crippen LogP contribution in [-0.2, 0) is 14.4 Å². The van der Waals surface area contributed by atoms with Crippen LogP contribution in [0.5, 0.6) is 0 Å². The Balaban J connectivity index is -0.000000322. The van der Waals surface area contributed by atoms with E-state index < -0.39 is 24.0 Å². The van der Waals surface area contributed by atoms with Crippen molar-refractivity contribution in [2.75, 3.05) is 12.4 Å². The van der Waals surface area contributed by atoms with Gasteiger partial charge in [-0.3, -0.25) is 14.4 Å². The molecule has 0 aromatic carbocycles. The monoisotopic (exact) mass is 793 g/mol. The zero-order valence-corrected chi connectivity index (χ0v) is 36.7. The molecule has 326 valence electrons. The van der Waals surface area contributed by atoms with Gasteiger partial charge in [0.2, 0.25) is 0 Å². The van der Waals surface area contributed by atoms with Crippen molar-refractivity contribution in [1.82, 2.24) is 0 Å². The van der Waals surface area contributed by atoms with Crippen LogP contribution in [0.4, 0.5) is 0 Å². The second-order valence-electron chi connectivity index (χ2n) is 15.1. The number of aliphatic carboxylic acids is 3. The molecular formula is C45H92O8S. The van der Waals surface area contributed by atoms with Gasteiger partial charge >= 0.3 is 17.9 Å². The molecule has 0 bridgehead atoms. The smallest absolute Gasteiger partial charge is 0.303 e. The van der Waals surface area contributed by atoms with E-state index in [9.17, 15) is 14.4 Å². The fourth-order valence-corrected chi connectivity index (χ4v) is 5.99. The van der Waals surface area contributed by atoms with Crippen LogP contribution in [0.1, 0.15) is 252 Å². The summed E-state index contributed by atoms with van der Waals surface area (Å²) < 4.78 is 0. The first-order valence-corrected chi connectivity index (χ1v) is 23.3. The molecule has 1 atom stereocenters. The largest absolute Gasteiger partial charge is 0.481 e. The normalized spacial score (nSPS) is 11.0. The molecule has 0 saturated carbocycles. The molecule has 0 saturated heterocycles. The zero-order valence-electron chi connectivity index (χ0n) is 35.9. The van der Waals surface area contributed by atoms with Crippen LogP contribution in [0.3, 0.4) is 0 Å². The molecular weight excluding hydrogens is 701 g/mol. The van der Waals surface area contributed by atoms with Crippen molar-refractivity contribution < 1.29 is 39.9 Å². The molecule has 0 fully saturated rings. The summed E-state index contributed by atoms with van der Waals surface area (Å²) in [4.78, 5) is 30.8. The van der Waals surface area contributed by atoms with E-state index in [4.69, 9.17) is 25.5 Å². The van der Waals surface area contributed by atoms with Gasteiger partial charge in [0.05, 0.1) is 12.7 Å². The van der Waals surface area contributed by atoms with Crippen LogP contribution >= 0.6 is 12.6 Å². The Morgan fingerprint density at radius 1 is 0.370 bits per heavy atom. The number of carboxylic acid groups (broad SMARTS) is 3. The first kappa shape index (κ1) is 59.4. The highest BCUT2D eigenvalue weighted by Gasteiger charge is 1.99. The van der Waals surface area contributed by atoms with Crippen LogP contribution < -0.4 is 0 Å². The molecule has 0 aliphatic carbocycles. The van der Waals surface area contributed by atoms with E-state index in [2.05, 4.69) is 33.4 Å². The third-order valence-corrected chi connectivity index (χ3v) is 9.83. The van der Waals surface area contributed by atoms with Gasteiger partial charge in [-0.15, -0.1) is 0 Å². The number of hydrogen-bond donors (Lipinski definition) is 6. The summed E-state index contributed by atoms with van der Waals surface area (Å²) >= 11 is 3.69. The number of rotatable bonds is 38. The number of unbranched alkanes of at least 4 members (excludes halogenated alkanes) is 30. The Morgan fingerprint density at radius 3 is 0.648 bits per heavy atom. The summed E-state index contributed by atoms with van der Waals surface area (Å²) in [6.07, 6.45) is 42.4. The molecule has 0 radical (unpaired) electrons. The quantitative estimate of drug-likeness (QED) is 0.0267. The Labute approximate surface area is 339 Å². The molecule has 0 aliphatic heterocycles. The topological polar surface area (TPSA) is 152 Å². The van der Waals surface area contributed by atoms with Crippen molar-refractivity contribution in [2.45, 2.75) is 258 Å². The maximum atomic E-state index is 10.3. The van der Waals surface area contributed by atoms with E-state index in [1.54, 1.807) is 0 Å². The highest BCUT2D eigenvalue weighted by Crippen LogP contribution is 2.14. The molecule has 9 heteroatoms. The van der Waals surface area contributed by atoms with Gasteiger partial charge in [0.1, 0.15) is 0 Å². The fourth-order valence-electron chi connectivity index (χ4n) is 5.88. The van der Waals surface area contributed by atoms with Crippen LogP contribution in [0.25, 0.3) is 0 Å². The van der Waals surface area contributed by atoms with Crippen LogP contribution in [0.15, 0.2) is 0 Å². The van der Waals surface area contributed by atoms with E-state index >= 15 is 0 Å². The van der Waals surface area contributed by atoms with Crippen molar-refractivity contribution >= 4 is 30.5 Å². The Bertz CT molecular complexity index is 632. The minimum atomic E-state index is -0.657. The Kier molecular flexibility index (Phi) is 61.6. The lowest BCUT2D eigenvalue weighted by atomic mass is 10.1. The van der Waals surface area contributed by atoms with E-state index in [0.717, 1.165) is 38.5 Å². The zero-order chi connectivity index (χ0) is 41.2. The first-order valence-electron chi connectivity index (χ1n) is 22.7. The standard InChI is InChI=1S/3C14H28O2.C3H8O2S/c3*1-2-3-4-5-6-7-8-9-10-11-12-13-14(15)16;4-1-3(5)2-6/h3*2-13H2,1H3,(H,15,16);3-6H,1-2H2. The van der Waals surface area contributed by atoms with Gasteiger partial charge < -0.3 is 25.5 Å². The van der Waals surface area contributed by atoms with Gasteiger partial charge in [0.25, 0.3) is 0 Å². The third kappa shape index (κ3) is 72.0. The van der Waals surface area contributed by atoms with Crippen molar-refractivity contribution in [3.63, 3.8) is 0 Å². The molecule has 0 amide bonds. The van der Waals surface area contributed by atoms with Crippen LogP contribution in [-0.4, -0.2) is 61.9 Å². The fraction of sp³-hybridized carbons (Fsp3) is 0.933. The summed E-state index contributed by atoms with van der Waals surface area (Å²) in [5, 5.41) is 41.7. The van der Waals surface area contributed by atoms with Crippen molar-refractivity contribution in [1.29, 1.82) is 0 Å². The maximum Gasteiger partial charge on any atom is 0.303 e. The molecule has 0 rings (SSSR count). The SMILES string of the molecule is CCCCCCCCCCCCCC(=O)O.CCCCCCCCCCCCCC(=O)O.CCCCCCCCCCCCCC(=O)O.OCC(O)CS. The minimum Gasteiger partial charge on any atom is -0.481 e. The lowest BCUT2D eigenvalue weighted by molar-refractivity contribution is -0.138. The molecule has 0 aromatic rings. The molecule has 5 N–H and O–H groups in total. The minimum absolute atomic E-state index is 0.191. The van der Waals surface area contributed by atoms with Crippen LogP contribution in [0, 0.1) is 0 Å². The second-order valence-corrected chi connectivity index (χ2v) is 15.4. The Morgan fingerprint density at radius 2 is 0.537 bits per heavy atom. The van der Waals surface area contributed by atoms with Gasteiger partial charge in [-0.25, -0.2) is 0 Å². The summed E-state index contributed by atoms with van der Waals surface area (Å²) in [6.45, 7) is 6.55. The summed E-state index contributed by atoms with van der Waals surface area (Å²) in [6, 6.07) is 0. The van der Waals surface area contributed by atoms with E-state index in [1.807, 2.05) is 0 Å². The molecule has 0 aliphatic rings. The first-order chi connectivity index (χ1) is 26.1. The van der Waals surface area contributed by atoms with Gasteiger partial charge in [-0.2, -0.15) is 12.6 Å². The summed E-state index contributed by atoms with van der Waals surface area (Å²) in [5.74, 6) is -1.64. The number of hydrogen-bond acceptors (Lipinski definition) is 6. The lowest BCUT2D eigenvalue weighted by Gasteiger charge is -2.01. The summed E-state index contributed by atoms with van der Waals surface area (Å²) in [5.41, 5.74) is 0. The average Bonchev–Trinajstić information content (AvgIpc) is 3.15. The van der Waals surface area contributed by atoms with Crippen LogP contribution in [0.2, 0.25) is 0 Å². The van der Waals surface area contributed by atoms with Crippen molar-refractivity contribution in [3.8, 4) is 0 Å². The number of aliphatic hydroxyl groups excluding tert-OH is 2. The van der Waals surface area contributed by atoms with E-state index in [1.165, 1.54) is 173 Å². The molecule has 0 spiro atoms. The molecule has 0 heterocycles. The van der Waals surface area contributed by atoms with Gasteiger partial charge in [-0.05, 0) is 19.3 Å². The highest BCUT2D eigenvalue weighted by atomic mass is 32.1. The van der Waals surface area contributed by atoms with Gasteiger partial charge in [-0.1, -0.05) is 213 Å². The number of thiol groups is 1. The molecule has 8 nitrogen and oxygen atoms in total.